The number of aromatic hydroxyl groups is 1. The van der Waals surface area contributed by atoms with E-state index in [2.05, 4.69) is 76.2 Å². The number of hydrogen-bond donors (Lipinski definition) is 1. The molecule has 51 heavy (non-hydrogen) atoms. The molecule has 0 radical (unpaired) electrons. The summed E-state index contributed by atoms with van der Waals surface area (Å²) in [6, 6.07) is 42.1. The van der Waals surface area contributed by atoms with Gasteiger partial charge in [-0.15, -0.1) is 23.8 Å². The molecule has 0 bridgehead atoms. The minimum Gasteiger partial charge on any atom is -0.507 e. The number of aromatic nitrogens is 2. The average molecular weight is 845 g/mol. The quantitative estimate of drug-likeness (QED) is 0.179. The van der Waals surface area contributed by atoms with Crippen LogP contribution in [0.3, 0.4) is 0 Å². The second-order valence-electron chi connectivity index (χ2n) is 14.0. The SMILES string of the molecule is Cc1ccnc2c(-c3[c-]c(-c4nc5c(-c6c(O)ccc7c6oc6ccccc67)cccc5o4)cc(-c4ccccc4)c3)cc(C(C)(C)C)cc12.[Pt]. The first kappa shape index (κ1) is 32.7. The summed E-state index contributed by atoms with van der Waals surface area (Å²) in [5.74, 6) is 0.546. The van der Waals surface area contributed by atoms with Gasteiger partial charge in [0.2, 0.25) is 0 Å². The second-order valence-corrected chi connectivity index (χ2v) is 14.0. The topological polar surface area (TPSA) is 72.3 Å². The molecule has 3 aromatic heterocycles. The Morgan fingerprint density at radius 2 is 1.41 bits per heavy atom. The Hall–Kier alpha value is -5.51. The van der Waals surface area contributed by atoms with Gasteiger partial charge in [0.15, 0.2) is 5.89 Å². The van der Waals surface area contributed by atoms with Crippen LogP contribution in [0.2, 0.25) is 0 Å². The fraction of sp³-hybridized carbons (Fsp3) is 0.111. The number of para-hydroxylation sites is 2. The first-order valence-corrected chi connectivity index (χ1v) is 16.8. The van der Waals surface area contributed by atoms with E-state index in [0.717, 1.165) is 60.6 Å². The van der Waals surface area contributed by atoms with Crippen LogP contribution in [-0.2, 0) is 26.5 Å². The molecule has 0 aliphatic rings. The van der Waals surface area contributed by atoms with Gasteiger partial charge in [-0.3, -0.25) is 4.98 Å². The van der Waals surface area contributed by atoms with Gasteiger partial charge < -0.3 is 13.9 Å². The van der Waals surface area contributed by atoms with E-state index in [0.29, 0.717) is 28.1 Å². The third-order valence-corrected chi connectivity index (χ3v) is 9.64. The predicted octanol–water partition coefficient (Wildman–Crippen LogP) is 12.1. The van der Waals surface area contributed by atoms with Crippen molar-refractivity contribution in [1.82, 2.24) is 9.97 Å². The van der Waals surface area contributed by atoms with E-state index >= 15 is 0 Å². The Morgan fingerprint density at radius 1 is 0.647 bits per heavy atom. The van der Waals surface area contributed by atoms with Gasteiger partial charge in [-0.25, -0.2) is 4.98 Å². The largest absolute Gasteiger partial charge is 0.507 e. The van der Waals surface area contributed by atoms with E-state index in [1.165, 1.54) is 11.1 Å². The standard InChI is InChI=1S/C45H33N2O3.Pt/c1-26-19-20-46-41-35(26)24-31(45(2,3)4)25-36(41)29-21-28(27-11-6-5-7-12-27)22-30(23-29)44-47-42-34(14-10-16-39(42)50-44)40-37(48)18-17-33-32-13-8-9-15-38(32)49-43(33)40;/h5-22,24-25,48H,1-4H3;/q-1;. The number of nitrogens with zero attached hydrogens (tertiary/aromatic N) is 2. The Bertz CT molecular complexity index is 2770. The van der Waals surface area contributed by atoms with Crippen LogP contribution in [-0.4, -0.2) is 15.1 Å². The molecule has 0 fully saturated rings. The molecule has 6 heteroatoms. The van der Waals surface area contributed by atoms with Crippen molar-refractivity contribution < 1.29 is 35.0 Å². The van der Waals surface area contributed by atoms with Crippen molar-refractivity contribution >= 4 is 43.9 Å². The molecule has 0 amide bonds. The van der Waals surface area contributed by atoms with Crippen molar-refractivity contribution in [2.24, 2.45) is 0 Å². The van der Waals surface area contributed by atoms with Crippen LogP contribution in [0.1, 0.15) is 31.9 Å². The van der Waals surface area contributed by atoms with Crippen LogP contribution in [0.4, 0.5) is 0 Å². The van der Waals surface area contributed by atoms with Crippen LogP contribution in [0.15, 0.2) is 130 Å². The van der Waals surface area contributed by atoms with Crippen molar-refractivity contribution in [3.8, 4) is 50.6 Å². The van der Waals surface area contributed by atoms with Gasteiger partial charge in [-0.2, -0.15) is 0 Å². The average Bonchev–Trinajstić information content (AvgIpc) is 3.73. The summed E-state index contributed by atoms with van der Waals surface area (Å²) in [5, 5.41) is 14.3. The van der Waals surface area contributed by atoms with Crippen molar-refractivity contribution in [1.29, 1.82) is 0 Å². The maximum absolute atomic E-state index is 11.3. The number of fused-ring (bicyclic) bond motifs is 5. The molecule has 0 saturated carbocycles. The van der Waals surface area contributed by atoms with E-state index in [-0.39, 0.29) is 32.2 Å². The molecule has 0 saturated heterocycles. The zero-order valence-electron chi connectivity index (χ0n) is 28.5. The molecule has 5 nitrogen and oxygen atoms in total. The number of phenolic OH excluding ortho intramolecular Hbond substituents is 1. The van der Waals surface area contributed by atoms with Crippen LogP contribution >= 0.6 is 0 Å². The molecule has 9 aromatic rings. The molecule has 0 atom stereocenters. The number of aryl methyl sites for hydroxylation is 1. The first-order chi connectivity index (χ1) is 24.2. The molecular formula is C45H33N2O3Pt-. The van der Waals surface area contributed by atoms with Gasteiger partial charge in [-0.1, -0.05) is 110 Å². The molecule has 1 N–H and O–H groups in total. The van der Waals surface area contributed by atoms with E-state index in [1.54, 1.807) is 6.07 Å². The van der Waals surface area contributed by atoms with Crippen LogP contribution in [0.5, 0.6) is 5.75 Å². The monoisotopic (exact) mass is 844 g/mol. The summed E-state index contributed by atoms with van der Waals surface area (Å²) in [5.41, 5.74) is 11.9. The van der Waals surface area contributed by atoms with Gasteiger partial charge >= 0.3 is 0 Å². The van der Waals surface area contributed by atoms with Gasteiger partial charge in [-0.05, 0) is 64.7 Å². The molecule has 9 rings (SSSR count). The number of benzene rings is 6. The predicted molar refractivity (Wildman–Crippen MR) is 202 cm³/mol. The number of phenols is 1. The smallest absolute Gasteiger partial charge is 0.159 e. The maximum atomic E-state index is 11.3. The Balaban J connectivity index is 0.00000374. The van der Waals surface area contributed by atoms with Gasteiger partial charge in [0.05, 0.1) is 5.56 Å². The van der Waals surface area contributed by atoms with Crippen LogP contribution < -0.4 is 0 Å². The van der Waals surface area contributed by atoms with Gasteiger partial charge in [0.25, 0.3) is 0 Å². The third kappa shape index (κ3) is 5.53. The maximum Gasteiger partial charge on any atom is 0.159 e. The first-order valence-electron chi connectivity index (χ1n) is 16.8. The van der Waals surface area contributed by atoms with Gasteiger partial charge in [0.1, 0.15) is 28.0 Å². The zero-order valence-corrected chi connectivity index (χ0v) is 30.8. The van der Waals surface area contributed by atoms with E-state index in [9.17, 15) is 5.11 Å². The molecule has 6 aromatic carbocycles. The zero-order chi connectivity index (χ0) is 34.1. The molecule has 0 aliphatic carbocycles. The summed E-state index contributed by atoms with van der Waals surface area (Å²) in [4.78, 5) is 9.98. The number of rotatable bonds is 4. The summed E-state index contributed by atoms with van der Waals surface area (Å²) in [7, 11) is 0. The fourth-order valence-corrected chi connectivity index (χ4v) is 6.96. The molecule has 3 heterocycles. The molecule has 0 aliphatic heterocycles. The Morgan fingerprint density at radius 3 is 2.24 bits per heavy atom. The molecular weight excluding hydrogens is 812 g/mol. The fourth-order valence-electron chi connectivity index (χ4n) is 6.96. The molecule has 0 unspecified atom stereocenters. The van der Waals surface area contributed by atoms with E-state index in [4.69, 9.17) is 18.8 Å². The summed E-state index contributed by atoms with van der Waals surface area (Å²) >= 11 is 0. The molecule has 0 spiro atoms. The number of hydrogen-bond acceptors (Lipinski definition) is 5. The van der Waals surface area contributed by atoms with E-state index < -0.39 is 0 Å². The molecule has 252 valence electrons. The summed E-state index contributed by atoms with van der Waals surface area (Å²) in [6.07, 6.45) is 1.88. The summed E-state index contributed by atoms with van der Waals surface area (Å²) < 4.78 is 12.9. The van der Waals surface area contributed by atoms with Crippen molar-refractivity contribution in [3.05, 3.63) is 139 Å². The van der Waals surface area contributed by atoms with Crippen LogP contribution in [0, 0.1) is 13.0 Å². The Kier molecular flexibility index (Phi) is 7.92. The minimum atomic E-state index is -0.0734. The number of oxazole rings is 1. The minimum absolute atomic E-state index is 0. The second kappa shape index (κ2) is 12.4. The number of furan rings is 1. The van der Waals surface area contributed by atoms with Crippen molar-refractivity contribution in [2.75, 3.05) is 0 Å². The Labute approximate surface area is 309 Å². The normalized spacial score (nSPS) is 11.8. The third-order valence-electron chi connectivity index (χ3n) is 9.64. The van der Waals surface area contributed by atoms with Crippen molar-refractivity contribution in [2.45, 2.75) is 33.1 Å². The summed E-state index contributed by atoms with van der Waals surface area (Å²) in [6.45, 7) is 8.84. The van der Waals surface area contributed by atoms with Crippen molar-refractivity contribution in [3.63, 3.8) is 0 Å². The number of pyridine rings is 1. The van der Waals surface area contributed by atoms with Gasteiger partial charge in [0, 0.05) is 49.1 Å². The van der Waals surface area contributed by atoms with E-state index in [1.807, 2.05) is 72.9 Å². The van der Waals surface area contributed by atoms with Crippen LogP contribution in [0.25, 0.3) is 88.8 Å².